The molecule has 1 N–H and O–H groups in total. The van der Waals surface area contributed by atoms with Gasteiger partial charge in [0.25, 0.3) is 0 Å². The third kappa shape index (κ3) is 3.96. The number of aliphatic hydroxyl groups excluding tert-OH is 1. The molecule has 4 heteroatoms. The van der Waals surface area contributed by atoms with Gasteiger partial charge in [-0.25, -0.2) is 0 Å². The summed E-state index contributed by atoms with van der Waals surface area (Å²) in [5.74, 6) is 1.19. The molecule has 0 aliphatic rings. The molecule has 2 aromatic rings. The van der Waals surface area contributed by atoms with E-state index in [0.29, 0.717) is 23.8 Å². The van der Waals surface area contributed by atoms with Crippen LogP contribution in [0.2, 0.25) is 0 Å². The lowest BCUT2D eigenvalue weighted by molar-refractivity contribution is 0.215. The van der Waals surface area contributed by atoms with E-state index in [2.05, 4.69) is 4.98 Å². The zero-order valence-electron chi connectivity index (χ0n) is 11.7. The number of aromatic nitrogens is 1. The summed E-state index contributed by atoms with van der Waals surface area (Å²) in [4.78, 5) is 4.12. The molecule has 1 aromatic heterocycles. The van der Waals surface area contributed by atoms with Crippen LogP contribution in [-0.2, 0) is 13.2 Å². The molecule has 0 amide bonds. The fourth-order valence-electron chi connectivity index (χ4n) is 1.74. The van der Waals surface area contributed by atoms with Gasteiger partial charge < -0.3 is 14.6 Å². The lowest BCUT2D eigenvalue weighted by Crippen LogP contribution is -2.08. The zero-order valence-corrected chi connectivity index (χ0v) is 11.7. The maximum absolute atomic E-state index is 9.14. The minimum absolute atomic E-state index is 0.0306. The van der Waals surface area contributed by atoms with Crippen molar-refractivity contribution in [2.45, 2.75) is 33.2 Å². The molecule has 0 saturated heterocycles. The van der Waals surface area contributed by atoms with Crippen molar-refractivity contribution in [1.82, 2.24) is 4.98 Å². The molecule has 20 heavy (non-hydrogen) atoms. The topological polar surface area (TPSA) is 51.6 Å². The van der Waals surface area contributed by atoms with Crippen LogP contribution in [0, 0.1) is 0 Å². The van der Waals surface area contributed by atoms with Crippen LogP contribution in [0.25, 0.3) is 0 Å². The second kappa shape index (κ2) is 6.91. The molecule has 106 valence electrons. The monoisotopic (exact) mass is 273 g/mol. The van der Waals surface area contributed by atoms with Gasteiger partial charge in [0, 0.05) is 6.07 Å². The van der Waals surface area contributed by atoms with Crippen molar-refractivity contribution in [1.29, 1.82) is 0 Å². The normalized spacial score (nSPS) is 10.6. The quantitative estimate of drug-likeness (QED) is 0.879. The fraction of sp³-hybridized carbons (Fsp3) is 0.312. The van der Waals surface area contributed by atoms with Gasteiger partial charge in [0.1, 0.15) is 6.61 Å². The highest BCUT2D eigenvalue weighted by Crippen LogP contribution is 2.28. The zero-order chi connectivity index (χ0) is 14.4. The fourth-order valence-corrected chi connectivity index (χ4v) is 1.74. The minimum Gasteiger partial charge on any atom is -0.487 e. The summed E-state index contributed by atoms with van der Waals surface area (Å²) < 4.78 is 11.5. The Balaban J connectivity index is 2.13. The summed E-state index contributed by atoms with van der Waals surface area (Å²) in [6.07, 6.45) is 1.62. The van der Waals surface area contributed by atoms with Gasteiger partial charge in [-0.2, -0.15) is 0 Å². The van der Waals surface area contributed by atoms with Crippen molar-refractivity contribution in [3.05, 3.63) is 53.9 Å². The average Bonchev–Trinajstić information content (AvgIpc) is 2.46. The van der Waals surface area contributed by atoms with E-state index < -0.39 is 0 Å². The van der Waals surface area contributed by atoms with Crippen LogP contribution in [0.15, 0.2) is 42.6 Å². The molecular formula is C16H19NO3. The van der Waals surface area contributed by atoms with Crippen LogP contribution in [0.1, 0.15) is 25.1 Å². The predicted molar refractivity (Wildman–Crippen MR) is 76.7 cm³/mol. The number of nitrogens with zero attached hydrogens (tertiary/aromatic N) is 1. The van der Waals surface area contributed by atoms with Crippen molar-refractivity contribution in [2.24, 2.45) is 0 Å². The Morgan fingerprint density at radius 1 is 1.15 bits per heavy atom. The van der Waals surface area contributed by atoms with Gasteiger partial charge in [-0.3, -0.25) is 4.98 Å². The Morgan fingerprint density at radius 2 is 1.90 bits per heavy atom. The van der Waals surface area contributed by atoms with Gasteiger partial charge in [-0.1, -0.05) is 30.3 Å². The van der Waals surface area contributed by atoms with Gasteiger partial charge in [-0.15, -0.1) is 0 Å². The molecule has 4 nitrogen and oxygen atoms in total. The second-order valence-electron chi connectivity index (χ2n) is 4.72. The van der Waals surface area contributed by atoms with E-state index in [1.807, 2.05) is 44.2 Å². The number of benzene rings is 1. The van der Waals surface area contributed by atoms with Crippen molar-refractivity contribution in [3.8, 4) is 11.5 Å². The van der Waals surface area contributed by atoms with Crippen LogP contribution in [-0.4, -0.2) is 16.2 Å². The summed E-state index contributed by atoms with van der Waals surface area (Å²) in [5, 5.41) is 9.14. The Morgan fingerprint density at radius 3 is 2.55 bits per heavy atom. The van der Waals surface area contributed by atoms with E-state index in [0.717, 1.165) is 5.56 Å². The molecule has 1 heterocycles. The Hall–Kier alpha value is -2.07. The number of aliphatic hydroxyl groups is 1. The molecule has 0 radical (unpaired) electrons. The van der Waals surface area contributed by atoms with Crippen LogP contribution in [0.5, 0.6) is 11.5 Å². The Bertz CT molecular complexity index is 541. The highest BCUT2D eigenvalue weighted by atomic mass is 16.5. The first-order chi connectivity index (χ1) is 9.69. The molecule has 0 saturated carbocycles. The molecule has 0 aliphatic heterocycles. The number of hydrogen-bond donors (Lipinski definition) is 1. The van der Waals surface area contributed by atoms with Crippen molar-refractivity contribution in [3.63, 3.8) is 0 Å². The Kier molecular flexibility index (Phi) is 4.96. The van der Waals surface area contributed by atoms with Crippen LogP contribution in [0.3, 0.4) is 0 Å². The lowest BCUT2D eigenvalue weighted by atomic mass is 10.2. The van der Waals surface area contributed by atoms with Gasteiger partial charge in [0.15, 0.2) is 11.5 Å². The largest absolute Gasteiger partial charge is 0.487 e. The maximum atomic E-state index is 9.14. The maximum Gasteiger partial charge on any atom is 0.179 e. The number of ether oxygens (including phenoxy) is 2. The highest BCUT2D eigenvalue weighted by Gasteiger charge is 2.09. The molecule has 0 spiro atoms. The third-order valence-corrected chi connectivity index (χ3v) is 2.65. The SMILES string of the molecule is CC(C)Oc1cc(CO)ncc1OCc1ccccc1. The molecule has 0 fully saturated rings. The van der Waals surface area contributed by atoms with E-state index in [4.69, 9.17) is 14.6 Å². The van der Waals surface area contributed by atoms with Gasteiger partial charge >= 0.3 is 0 Å². The second-order valence-corrected chi connectivity index (χ2v) is 4.72. The van der Waals surface area contributed by atoms with Crippen LogP contribution < -0.4 is 9.47 Å². The van der Waals surface area contributed by atoms with E-state index in [1.165, 1.54) is 0 Å². The van der Waals surface area contributed by atoms with Gasteiger partial charge in [-0.05, 0) is 19.4 Å². The molecule has 1 aromatic carbocycles. The van der Waals surface area contributed by atoms with E-state index in [9.17, 15) is 0 Å². The van der Waals surface area contributed by atoms with Crippen molar-refractivity contribution < 1.29 is 14.6 Å². The smallest absolute Gasteiger partial charge is 0.179 e. The molecule has 0 unspecified atom stereocenters. The predicted octanol–water partition coefficient (Wildman–Crippen LogP) is 2.94. The third-order valence-electron chi connectivity index (χ3n) is 2.65. The summed E-state index contributed by atoms with van der Waals surface area (Å²) in [6, 6.07) is 11.6. The van der Waals surface area contributed by atoms with Crippen molar-refractivity contribution >= 4 is 0 Å². The van der Waals surface area contributed by atoms with E-state index in [-0.39, 0.29) is 12.7 Å². The van der Waals surface area contributed by atoms with E-state index in [1.54, 1.807) is 12.3 Å². The molecule has 0 atom stereocenters. The summed E-state index contributed by atoms with van der Waals surface area (Å²) >= 11 is 0. The molecular weight excluding hydrogens is 254 g/mol. The van der Waals surface area contributed by atoms with Gasteiger partial charge in [0.05, 0.1) is 24.6 Å². The molecule has 0 aliphatic carbocycles. The van der Waals surface area contributed by atoms with Crippen molar-refractivity contribution in [2.75, 3.05) is 0 Å². The summed E-state index contributed by atoms with van der Waals surface area (Å²) in [5.41, 5.74) is 1.64. The average molecular weight is 273 g/mol. The number of pyridine rings is 1. The molecule has 2 rings (SSSR count). The first-order valence-electron chi connectivity index (χ1n) is 6.62. The minimum atomic E-state index is -0.118. The first-order valence-corrected chi connectivity index (χ1v) is 6.62. The van der Waals surface area contributed by atoms with Crippen LogP contribution >= 0.6 is 0 Å². The highest BCUT2D eigenvalue weighted by molar-refractivity contribution is 5.39. The number of hydrogen-bond acceptors (Lipinski definition) is 4. The van der Waals surface area contributed by atoms with Gasteiger partial charge in [0.2, 0.25) is 0 Å². The standard InChI is InChI=1S/C16H19NO3/c1-12(2)20-15-8-14(10-18)17-9-16(15)19-11-13-6-4-3-5-7-13/h3-9,12,18H,10-11H2,1-2H3. The molecule has 0 bridgehead atoms. The number of rotatable bonds is 6. The van der Waals surface area contributed by atoms with Crippen LogP contribution in [0.4, 0.5) is 0 Å². The summed E-state index contributed by atoms with van der Waals surface area (Å²) in [7, 11) is 0. The van der Waals surface area contributed by atoms with E-state index >= 15 is 0 Å². The Labute approximate surface area is 119 Å². The summed E-state index contributed by atoms with van der Waals surface area (Å²) in [6.45, 7) is 4.23. The first kappa shape index (κ1) is 14.3. The lowest BCUT2D eigenvalue weighted by Gasteiger charge is -2.15.